The maximum atomic E-state index is 9.86. The smallest absolute Gasteiger partial charge is 0.307 e. The maximum Gasteiger partial charge on any atom is 0.307 e. The van der Waals surface area contributed by atoms with E-state index in [2.05, 4.69) is 0 Å². The van der Waals surface area contributed by atoms with E-state index < -0.39 is 26.5 Å². The highest BCUT2D eigenvalue weighted by molar-refractivity contribution is 7.55. The van der Waals surface area contributed by atoms with Gasteiger partial charge in [-0.1, -0.05) is 0 Å². The van der Waals surface area contributed by atoms with Crippen LogP contribution in [0.5, 0.6) is 0 Å². The Morgan fingerprint density at radius 2 is 2.00 bits per heavy atom. The first-order chi connectivity index (χ1) is 3.92. The Balaban J connectivity index is 3.39. The molecule has 0 heterocycles. The minimum absolute atomic E-state index is 0.544. The Hall–Kier alpha value is -0.220. The van der Waals surface area contributed by atoms with Crippen LogP contribution in [0.15, 0.2) is 0 Å². The molecule has 0 radical (unpaired) electrons. The van der Waals surface area contributed by atoms with Crippen LogP contribution < -0.4 is 9.79 Å². The fraction of sp³-hybridized carbons (Fsp3) is 0.667. The maximum absolute atomic E-state index is 9.86. The van der Waals surface area contributed by atoms with Crippen molar-refractivity contribution in [3.63, 3.8) is 0 Å². The Morgan fingerprint density at radius 3 is 2.11 bits per heavy atom. The molecule has 0 bridgehead atoms. The van der Waals surface area contributed by atoms with Crippen molar-refractivity contribution in [2.24, 2.45) is 0 Å². The van der Waals surface area contributed by atoms with Gasteiger partial charge in [-0.15, -0.1) is 0 Å². The fourth-order valence-electron chi connectivity index (χ4n) is 0.237. The highest BCUT2D eigenvalue weighted by Crippen LogP contribution is 2.33. The van der Waals surface area contributed by atoms with Gasteiger partial charge in [-0.05, 0) is 0 Å². The minimum Gasteiger partial charge on any atom is -0.660 e. The first-order valence-corrected chi connectivity index (χ1v) is 3.93. The minimum atomic E-state index is -4.35. The van der Waals surface area contributed by atoms with Gasteiger partial charge in [0, 0.05) is 7.94 Å². The third kappa shape index (κ3) is 7.78. The lowest BCUT2D eigenvalue weighted by molar-refractivity contribution is -0.331. The zero-order chi connectivity index (χ0) is 7.49. The summed E-state index contributed by atoms with van der Waals surface area (Å²) in [6.07, 6.45) is -1.24. The van der Waals surface area contributed by atoms with E-state index in [4.69, 9.17) is 10.00 Å². The second-order valence-corrected chi connectivity index (χ2v) is 3.23. The van der Waals surface area contributed by atoms with Crippen LogP contribution in [0.1, 0.15) is 6.42 Å². The van der Waals surface area contributed by atoms with Gasteiger partial charge in [0.2, 0.25) is 0 Å². The summed E-state index contributed by atoms with van der Waals surface area (Å²) in [7, 11) is -4.35. The summed E-state index contributed by atoms with van der Waals surface area (Å²) in [6, 6.07) is 0. The van der Waals surface area contributed by atoms with E-state index in [9.17, 15) is 14.6 Å². The second-order valence-electron chi connectivity index (χ2n) is 1.50. The molecule has 0 aliphatic rings. The molecule has 2 N–H and O–H groups in total. The SMILES string of the molecule is O=C(O)CC[P+]([O-])([O-])O. The van der Waals surface area contributed by atoms with E-state index in [1.165, 1.54) is 0 Å². The number of hydrogen-bond acceptors (Lipinski definition) is 4. The zero-order valence-corrected chi connectivity index (χ0v) is 5.38. The van der Waals surface area contributed by atoms with Gasteiger partial charge in [-0.2, -0.15) is 0 Å². The van der Waals surface area contributed by atoms with E-state index in [1.54, 1.807) is 0 Å². The fourth-order valence-corrected chi connectivity index (χ4v) is 0.711. The normalized spacial score (nSPS) is 11.4. The third-order valence-electron chi connectivity index (χ3n) is 0.608. The number of carboxylic acids is 1. The van der Waals surface area contributed by atoms with Crippen molar-refractivity contribution in [3.05, 3.63) is 0 Å². The number of carbonyl (C=O) groups is 1. The molecule has 5 nitrogen and oxygen atoms in total. The lowest BCUT2D eigenvalue weighted by Crippen LogP contribution is -2.25. The molecule has 0 amide bonds. The largest absolute Gasteiger partial charge is 0.660 e. The van der Waals surface area contributed by atoms with Crippen LogP contribution in [0.25, 0.3) is 0 Å². The lowest BCUT2D eigenvalue weighted by atomic mass is 10.5. The van der Waals surface area contributed by atoms with Crippen molar-refractivity contribution in [1.82, 2.24) is 0 Å². The summed E-state index contributed by atoms with van der Waals surface area (Å²) in [5.74, 6) is -1.24. The Kier molecular flexibility index (Phi) is 3.00. The molecule has 0 aromatic carbocycles. The van der Waals surface area contributed by atoms with E-state index in [0.717, 1.165) is 0 Å². The number of hydrogen-bond donors (Lipinski definition) is 2. The third-order valence-corrected chi connectivity index (χ3v) is 1.40. The summed E-state index contributed by atoms with van der Waals surface area (Å²) >= 11 is 0. The molecule has 0 fully saturated rings. The van der Waals surface area contributed by atoms with Crippen LogP contribution in [0, 0.1) is 0 Å². The van der Waals surface area contributed by atoms with E-state index in [1.807, 2.05) is 0 Å². The lowest BCUT2D eigenvalue weighted by Gasteiger charge is -2.26. The molecule has 0 atom stereocenters. The van der Waals surface area contributed by atoms with Gasteiger partial charge < -0.3 is 14.9 Å². The standard InChI is InChI=1S/C3H7O5P/c4-3(5)1-2-9(6,7)8/h1-2H2,(H,4,5)(H2,6,7,8)/p-1. The molecule has 0 unspecified atom stereocenters. The molecular weight excluding hydrogens is 147 g/mol. The van der Waals surface area contributed by atoms with Crippen molar-refractivity contribution in [2.75, 3.05) is 6.16 Å². The zero-order valence-electron chi connectivity index (χ0n) is 4.48. The molecule has 9 heavy (non-hydrogen) atoms. The van der Waals surface area contributed by atoms with Gasteiger partial charge >= 0.3 is 5.97 Å². The summed E-state index contributed by atoms with van der Waals surface area (Å²) in [5, 5.41) is 7.91. The van der Waals surface area contributed by atoms with Crippen LogP contribution >= 0.6 is 7.94 Å². The van der Waals surface area contributed by atoms with Gasteiger partial charge in [0.1, 0.15) is 0 Å². The molecule has 0 aliphatic carbocycles. The topological polar surface area (TPSA) is 104 Å². The summed E-state index contributed by atoms with van der Waals surface area (Å²) in [5.41, 5.74) is 0. The van der Waals surface area contributed by atoms with Gasteiger partial charge in [0.15, 0.2) is 0 Å². The Morgan fingerprint density at radius 1 is 1.56 bits per heavy atom. The summed E-state index contributed by atoms with van der Waals surface area (Å²) in [6.45, 7) is 0. The molecule has 0 rings (SSSR count). The summed E-state index contributed by atoms with van der Waals surface area (Å²) < 4.78 is 0. The van der Waals surface area contributed by atoms with Crippen LogP contribution in [0.4, 0.5) is 0 Å². The van der Waals surface area contributed by atoms with Crippen LogP contribution in [0.3, 0.4) is 0 Å². The molecule has 0 aliphatic heterocycles. The molecule has 54 valence electrons. The molecule has 0 aromatic heterocycles. The predicted octanol–water partition coefficient (Wildman–Crippen LogP) is -2.06. The first kappa shape index (κ1) is 8.78. The second kappa shape index (κ2) is 3.08. The predicted molar refractivity (Wildman–Crippen MR) is 26.3 cm³/mol. The average Bonchev–Trinajstić information content (AvgIpc) is 1.59. The molecule has 0 saturated carbocycles. The highest BCUT2D eigenvalue weighted by atomic mass is 31.2. The van der Waals surface area contributed by atoms with Crippen molar-refractivity contribution in [2.45, 2.75) is 6.42 Å². The molecule has 0 spiro atoms. The van der Waals surface area contributed by atoms with Crippen molar-refractivity contribution >= 4 is 13.9 Å². The molecule has 0 aromatic rings. The number of aliphatic carboxylic acids is 1. The van der Waals surface area contributed by atoms with Crippen LogP contribution in [0.2, 0.25) is 0 Å². The summed E-state index contributed by atoms with van der Waals surface area (Å²) in [4.78, 5) is 37.4. The first-order valence-electron chi connectivity index (χ1n) is 2.16. The average molecular weight is 153 g/mol. The van der Waals surface area contributed by atoms with Gasteiger partial charge in [-0.25, -0.2) is 0 Å². The number of rotatable bonds is 3. The Labute approximate surface area is 52.2 Å². The highest BCUT2D eigenvalue weighted by Gasteiger charge is 2.09. The van der Waals surface area contributed by atoms with E-state index in [0.29, 0.717) is 0 Å². The quantitative estimate of drug-likeness (QED) is 0.453. The van der Waals surface area contributed by atoms with E-state index >= 15 is 0 Å². The van der Waals surface area contributed by atoms with Gasteiger partial charge in [0.25, 0.3) is 0 Å². The van der Waals surface area contributed by atoms with Crippen LogP contribution in [-0.4, -0.2) is 22.1 Å². The van der Waals surface area contributed by atoms with E-state index in [-0.39, 0.29) is 0 Å². The van der Waals surface area contributed by atoms with Crippen LogP contribution in [-0.2, 0) is 4.79 Å². The number of carboxylic acid groups (broad SMARTS) is 1. The monoisotopic (exact) mass is 153 g/mol. The van der Waals surface area contributed by atoms with Crippen molar-refractivity contribution in [3.8, 4) is 0 Å². The van der Waals surface area contributed by atoms with Crippen molar-refractivity contribution < 1.29 is 24.6 Å². The van der Waals surface area contributed by atoms with Crippen molar-refractivity contribution in [1.29, 1.82) is 0 Å². The molecule has 6 heteroatoms. The Bertz CT molecular complexity index is 105. The van der Waals surface area contributed by atoms with Gasteiger partial charge in [0.05, 0.1) is 12.6 Å². The van der Waals surface area contributed by atoms with Gasteiger partial charge in [-0.3, -0.25) is 9.69 Å². The molecule has 0 saturated heterocycles. The molecular formula is C3H6O5P-.